The van der Waals surface area contributed by atoms with Gasteiger partial charge in [0.05, 0.1) is 0 Å². The standard InChI is InChI=1S/C9H9N3O4S/c10-9(13)12-17(14,15)5-7-6-3-1-2-4-8(6)16-11-7/h1-4H,5H2,(H3,10,12,13). The number of aromatic nitrogens is 1. The maximum Gasteiger partial charge on any atom is 0.325 e. The number of nitrogens with two attached hydrogens (primary N) is 1. The fourth-order valence-corrected chi connectivity index (χ4v) is 2.36. The van der Waals surface area contributed by atoms with Gasteiger partial charge in [-0.05, 0) is 12.1 Å². The van der Waals surface area contributed by atoms with Gasteiger partial charge < -0.3 is 10.3 Å². The Morgan fingerprint density at radius 1 is 1.41 bits per heavy atom. The second kappa shape index (κ2) is 4.06. The summed E-state index contributed by atoms with van der Waals surface area (Å²) >= 11 is 0. The van der Waals surface area contributed by atoms with Crippen molar-refractivity contribution in [3.63, 3.8) is 0 Å². The molecule has 2 rings (SSSR count). The van der Waals surface area contributed by atoms with Crippen molar-refractivity contribution < 1.29 is 17.7 Å². The fraction of sp³-hybridized carbons (Fsp3) is 0.111. The first-order chi connectivity index (χ1) is 7.98. The van der Waals surface area contributed by atoms with E-state index in [-0.39, 0.29) is 5.69 Å². The molecular formula is C9H9N3O4S. The molecule has 0 fully saturated rings. The molecular weight excluding hydrogens is 246 g/mol. The molecule has 17 heavy (non-hydrogen) atoms. The third kappa shape index (κ3) is 2.53. The number of para-hydroxylation sites is 1. The van der Waals surface area contributed by atoms with Gasteiger partial charge in [-0.3, -0.25) is 0 Å². The minimum Gasteiger partial charge on any atom is -0.356 e. The van der Waals surface area contributed by atoms with Crippen molar-refractivity contribution >= 4 is 27.0 Å². The number of rotatable bonds is 3. The van der Waals surface area contributed by atoms with Crippen LogP contribution < -0.4 is 10.5 Å². The summed E-state index contributed by atoms with van der Waals surface area (Å²) in [6.45, 7) is 0. The number of fused-ring (bicyclic) bond motifs is 1. The average Bonchev–Trinajstić information content (AvgIpc) is 2.59. The number of benzene rings is 1. The minimum atomic E-state index is -3.84. The van der Waals surface area contributed by atoms with E-state index in [2.05, 4.69) is 5.16 Å². The summed E-state index contributed by atoms with van der Waals surface area (Å²) in [5, 5.41) is 4.23. The molecule has 0 bridgehead atoms. The Hall–Kier alpha value is -2.09. The van der Waals surface area contributed by atoms with Crippen LogP contribution in [0.4, 0.5) is 4.79 Å². The van der Waals surface area contributed by atoms with Crippen LogP contribution >= 0.6 is 0 Å². The zero-order valence-electron chi connectivity index (χ0n) is 8.58. The molecule has 0 atom stereocenters. The third-order valence-electron chi connectivity index (χ3n) is 2.03. The Kier molecular flexibility index (Phi) is 2.72. The average molecular weight is 255 g/mol. The van der Waals surface area contributed by atoms with Crippen molar-refractivity contribution in [2.45, 2.75) is 5.75 Å². The Morgan fingerprint density at radius 3 is 2.82 bits per heavy atom. The predicted octanol–water partition coefficient (Wildman–Crippen LogP) is 0.326. The molecule has 0 spiro atoms. The lowest BCUT2D eigenvalue weighted by atomic mass is 10.2. The maximum atomic E-state index is 11.5. The number of amides is 2. The third-order valence-corrected chi connectivity index (χ3v) is 3.20. The van der Waals surface area contributed by atoms with Crippen molar-refractivity contribution in [3.05, 3.63) is 30.0 Å². The van der Waals surface area contributed by atoms with E-state index in [0.29, 0.717) is 11.0 Å². The van der Waals surface area contributed by atoms with E-state index < -0.39 is 21.8 Å². The van der Waals surface area contributed by atoms with Crippen LogP contribution in [0.15, 0.2) is 28.8 Å². The molecule has 0 aliphatic carbocycles. The number of hydrogen-bond donors (Lipinski definition) is 2. The Labute approximate surface area is 96.6 Å². The molecule has 1 heterocycles. The summed E-state index contributed by atoms with van der Waals surface area (Å²) in [4.78, 5) is 10.5. The highest BCUT2D eigenvalue weighted by atomic mass is 32.2. The van der Waals surface area contributed by atoms with E-state index >= 15 is 0 Å². The lowest BCUT2D eigenvalue weighted by Gasteiger charge is -2.01. The number of carbonyl (C=O) groups is 1. The second-order valence-corrected chi connectivity index (χ2v) is 5.07. The van der Waals surface area contributed by atoms with Crippen molar-refractivity contribution in [1.82, 2.24) is 9.88 Å². The summed E-state index contributed by atoms with van der Waals surface area (Å²) in [6.07, 6.45) is 0. The molecule has 1 aromatic heterocycles. The zero-order valence-corrected chi connectivity index (χ0v) is 9.40. The quantitative estimate of drug-likeness (QED) is 0.819. The first kappa shape index (κ1) is 11.4. The second-order valence-electron chi connectivity index (χ2n) is 3.35. The topological polar surface area (TPSA) is 115 Å². The Bertz CT molecular complexity index is 662. The smallest absolute Gasteiger partial charge is 0.325 e. The Balaban J connectivity index is 2.33. The van der Waals surface area contributed by atoms with Gasteiger partial charge in [-0.15, -0.1) is 0 Å². The monoisotopic (exact) mass is 255 g/mol. The van der Waals surface area contributed by atoms with E-state index in [9.17, 15) is 13.2 Å². The van der Waals surface area contributed by atoms with Crippen molar-refractivity contribution in [1.29, 1.82) is 0 Å². The summed E-state index contributed by atoms with van der Waals surface area (Å²) in [5.74, 6) is -0.465. The van der Waals surface area contributed by atoms with Gasteiger partial charge in [-0.25, -0.2) is 17.9 Å². The molecule has 0 saturated heterocycles. The highest BCUT2D eigenvalue weighted by molar-refractivity contribution is 7.89. The van der Waals surface area contributed by atoms with E-state index in [0.717, 1.165) is 0 Å². The summed E-state index contributed by atoms with van der Waals surface area (Å²) in [6, 6.07) is 5.70. The van der Waals surface area contributed by atoms with E-state index in [1.165, 1.54) is 0 Å². The molecule has 7 nitrogen and oxygen atoms in total. The van der Waals surface area contributed by atoms with Gasteiger partial charge in [0.15, 0.2) is 5.58 Å². The predicted molar refractivity (Wildman–Crippen MR) is 59.4 cm³/mol. The molecule has 8 heteroatoms. The van der Waals surface area contributed by atoms with Gasteiger partial charge in [0.25, 0.3) is 0 Å². The lowest BCUT2D eigenvalue weighted by molar-refractivity contribution is 0.253. The molecule has 2 aromatic rings. The first-order valence-corrected chi connectivity index (χ1v) is 6.26. The SMILES string of the molecule is NC(=O)NS(=O)(=O)Cc1noc2ccccc12. The number of primary amides is 1. The fourth-order valence-electron chi connectivity index (χ4n) is 1.41. The van der Waals surface area contributed by atoms with Gasteiger partial charge in [-0.2, -0.15) is 0 Å². The van der Waals surface area contributed by atoms with Crippen LogP contribution in [-0.2, 0) is 15.8 Å². The van der Waals surface area contributed by atoms with Crippen LogP contribution in [-0.4, -0.2) is 19.6 Å². The van der Waals surface area contributed by atoms with Crippen LogP contribution in [0.2, 0.25) is 0 Å². The van der Waals surface area contributed by atoms with Gasteiger partial charge in [0, 0.05) is 5.39 Å². The highest BCUT2D eigenvalue weighted by Gasteiger charge is 2.18. The molecule has 0 radical (unpaired) electrons. The van der Waals surface area contributed by atoms with E-state index in [4.69, 9.17) is 10.3 Å². The lowest BCUT2D eigenvalue weighted by Crippen LogP contribution is -2.35. The van der Waals surface area contributed by atoms with Gasteiger partial charge in [0.2, 0.25) is 10.0 Å². The maximum absolute atomic E-state index is 11.5. The number of hydrogen-bond acceptors (Lipinski definition) is 5. The molecule has 0 unspecified atom stereocenters. The summed E-state index contributed by atoms with van der Waals surface area (Å²) < 4.78 is 29.5. The molecule has 1 aromatic carbocycles. The molecule has 0 saturated carbocycles. The van der Waals surface area contributed by atoms with E-state index in [1.54, 1.807) is 29.0 Å². The number of nitrogens with zero attached hydrogens (tertiary/aromatic N) is 1. The molecule has 2 amide bonds. The highest BCUT2D eigenvalue weighted by Crippen LogP contribution is 2.19. The molecule has 90 valence electrons. The van der Waals surface area contributed by atoms with Crippen LogP contribution in [0.3, 0.4) is 0 Å². The van der Waals surface area contributed by atoms with Gasteiger partial charge >= 0.3 is 6.03 Å². The number of nitrogens with one attached hydrogen (secondary N) is 1. The molecule has 0 aliphatic rings. The zero-order chi connectivity index (χ0) is 12.5. The van der Waals surface area contributed by atoms with Gasteiger partial charge in [-0.1, -0.05) is 17.3 Å². The van der Waals surface area contributed by atoms with Crippen LogP contribution in [0.1, 0.15) is 5.69 Å². The number of urea groups is 1. The van der Waals surface area contributed by atoms with Crippen molar-refractivity contribution in [3.8, 4) is 0 Å². The number of sulfonamides is 1. The molecule has 3 N–H and O–H groups in total. The largest absolute Gasteiger partial charge is 0.356 e. The minimum absolute atomic E-state index is 0.231. The van der Waals surface area contributed by atoms with Gasteiger partial charge in [0.1, 0.15) is 11.4 Å². The van der Waals surface area contributed by atoms with Crippen molar-refractivity contribution in [2.75, 3.05) is 0 Å². The number of carbonyl (C=O) groups excluding carboxylic acids is 1. The van der Waals surface area contributed by atoms with Crippen LogP contribution in [0.25, 0.3) is 11.0 Å². The normalized spacial score (nSPS) is 11.5. The van der Waals surface area contributed by atoms with E-state index in [1.807, 2.05) is 0 Å². The molecule has 0 aliphatic heterocycles. The van der Waals surface area contributed by atoms with Crippen LogP contribution in [0, 0.1) is 0 Å². The summed E-state index contributed by atoms with van der Waals surface area (Å²) in [7, 11) is -3.84. The Morgan fingerprint density at radius 2 is 2.12 bits per heavy atom. The van der Waals surface area contributed by atoms with Crippen LogP contribution in [0.5, 0.6) is 0 Å². The first-order valence-electron chi connectivity index (χ1n) is 4.61. The van der Waals surface area contributed by atoms with Crippen molar-refractivity contribution in [2.24, 2.45) is 5.73 Å². The summed E-state index contributed by atoms with van der Waals surface area (Å²) in [5.41, 5.74) is 5.46.